The molecule has 0 fully saturated rings. The van der Waals surface area contributed by atoms with Gasteiger partial charge in [0.25, 0.3) is 5.56 Å². The maximum Gasteiger partial charge on any atom is 0.323 e. The molecule has 1 aromatic heterocycles. The summed E-state index contributed by atoms with van der Waals surface area (Å²) < 4.78 is 1.45. The van der Waals surface area contributed by atoms with E-state index >= 15 is 0 Å². The van der Waals surface area contributed by atoms with Gasteiger partial charge < -0.3 is 19.7 Å². The van der Waals surface area contributed by atoms with Crippen LogP contribution in [-0.2, 0) is 11.3 Å². The second-order valence-electron chi connectivity index (χ2n) is 4.56. The molecular weight excluding hydrogens is 260 g/mol. The molecule has 0 saturated carbocycles. The van der Waals surface area contributed by atoms with Crippen LogP contribution >= 0.6 is 0 Å². The molecule has 6 nitrogen and oxygen atoms in total. The van der Waals surface area contributed by atoms with Crippen LogP contribution in [0.5, 0.6) is 0 Å². The molecule has 0 atom stereocenters. The zero-order valence-electron chi connectivity index (χ0n) is 11.1. The summed E-state index contributed by atoms with van der Waals surface area (Å²) in [6.45, 7) is 0.0629. The Morgan fingerprint density at radius 1 is 1.35 bits per heavy atom. The molecule has 20 heavy (non-hydrogen) atoms. The number of aliphatic hydroxyl groups is 1. The van der Waals surface area contributed by atoms with E-state index in [0.717, 1.165) is 11.1 Å². The Labute approximate surface area is 115 Å². The van der Waals surface area contributed by atoms with E-state index in [1.165, 1.54) is 4.57 Å². The Morgan fingerprint density at radius 2 is 2.10 bits per heavy atom. The quantitative estimate of drug-likeness (QED) is 0.831. The number of carbonyl (C=O) groups is 1. The number of aliphatic carboxylic acids is 1. The molecule has 0 aliphatic heterocycles. The van der Waals surface area contributed by atoms with Crippen molar-refractivity contribution in [3.05, 3.63) is 40.8 Å². The van der Waals surface area contributed by atoms with E-state index in [-0.39, 0.29) is 25.3 Å². The number of carboxylic acids is 1. The second kappa shape index (κ2) is 5.75. The van der Waals surface area contributed by atoms with Crippen molar-refractivity contribution in [2.24, 2.45) is 0 Å². The van der Waals surface area contributed by atoms with Crippen LogP contribution in [0.4, 0.5) is 5.69 Å². The van der Waals surface area contributed by atoms with Crippen LogP contribution in [0, 0.1) is 0 Å². The standard InChI is InChI=1S/C14H16N2O4/c1-15(9-13(18)19)11-2-3-12-10(8-11)4-5-16(6-7-17)14(12)20/h2-5,8,17H,6-7,9H2,1H3,(H,18,19). The fourth-order valence-electron chi connectivity index (χ4n) is 2.09. The molecule has 0 radical (unpaired) electrons. The number of aliphatic hydroxyl groups excluding tert-OH is 1. The highest BCUT2D eigenvalue weighted by atomic mass is 16.4. The smallest absolute Gasteiger partial charge is 0.323 e. The van der Waals surface area contributed by atoms with Crippen molar-refractivity contribution in [1.29, 1.82) is 0 Å². The van der Waals surface area contributed by atoms with Crippen molar-refractivity contribution in [1.82, 2.24) is 4.57 Å². The van der Waals surface area contributed by atoms with Crippen LogP contribution in [0.2, 0.25) is 0 Å². The van der Waals surface area contributed by atoms with Gasteiger partial charge in [-0.3, -0.25) is 9.59 Å². The minimum absolute atomic E-state index is 0.0924. The molecule has 106 valence electrons. The zero-order chi connectivity index (χ0) is 14.7. The zero-order valence-corrected chi connectivity index (χ0v) is 11.1. The first kappa shape index (κ1) is 14.1. The third-order valence-corrected chi connectivity index (χ3v) is 3.11. The van der Waals surface area contributed by atoms with Gasteiger partial charge >= 0.3 is 5.97 Å². The molecule has 2 N–H and O–H groups in total. The van der Waals surface area contributed by atoms with E-state index in [0.29, 0.717) is 5.39 Å². The van der Waals surface area contributed by atoms with E-state index in [4.69, 9.17) is 10.2 Å². The van der Waals surface area contributed by atoms with Crippen LogP contribution in [-0.4, -0.2) is 40.9 Å². The van der Waals surface area contributed by atoms with Crippen molar-refractivity contribution < 1.29 is 15.0 Å². The van der Waals surface area contributed by atoms with E-state index in [1.807, 2.05) is 0 Å². The van der Waals surface area contributed by atoms with Crippen molar-refractivity contribution >= 4 is 22.4 Å². The highest BCUT2D eigenvalue weighted by Crippen LogP contribution is 2.19. The minimum Gasteiger partial charge on any atom is -0.480 e. The highest BCUT2D eigenvalue weighted by molar-refractivity contribution is 5.85. The summed E-state index contributed by atoms with van der Waals surface area (Å²) in [5, 5.41) is 19.0. The molecule has 1 heterocycles. The van der Waals surface area contributed by atoms with Gasteiger partial charge in [-0.15, -0.1) is 0 Å². The SMILES string of the molecule is CN(CC(=O)O)c1ccc2c(=O)n(CCO)ccc2c1. The number of hydrogen-bond donors (Lipinski definition) is 2. The van der Waals surface area contributed by atoms with Crippen LogP contribution < -0.4 is 10.5 Å². The Hall–Kier alpha value is -2.34. The highest BCUT2D eigenvalue weighted by Gasteiger charge is 2.08. The fraction of sp³-hybridized carbons (Fsp3) is 0.286. The van der Waals surface area contributed by atoms with Gasteiger partial charge in [-0.1, -0.05) is 0 Å². The first-order valence-corrected chi connectivity index (χ1v) is 6.20. The predicted octanol–water partition coefficient (Wildman–Crippen LogP) is 0.515. The summed E-state index contributed by atoms with van der Waals surface area (Å²) in [5.74, 6) is -0.911. The molecule has 0 unspecified atom stereocenters. The average molecular weight is 276 g/mol. The summed E-state index contributed by atoms with van der Waals surface area (Å²) in [6.07, 6.45) is 1.63. The summed E-state index contributed by atoms with van der Waals surface area (Å²) in [6, 6.07) is 6.96. The Bertz CT molecular complexity index is 693. The maximum absolute atomic E-state index is 12.1. The van der Waals surface area contributed by atoms with Gasteiger partial charge in [-0.05, 0) is 29.7 Å². The first-order chi connectivity index (χ1) is 9.52. The van der Waals surface area contributed by atoms with Crippen LogP contribution in [0.25, 0.3) is 10.8 Å². The maximum atomic E-state index is 12.1. The minimum atomic E-state index is -0.911. The molecule has 2 aromatic rings. The predicted molar refractivity (Wildman–Crippen MR) is 76.2 cm³/mol. The molecule has 0 aliphatic rings. The number of rotatable bonds is 5. The molecule has 0 aliphatic carbocycles. The number of hydrogen-bond acceptors (Lipinski definition) is 4. The Morgan fingerprint density at radius 3 is 2.75 bits per heavy atom. The van der Waals surface area contributed by atoms with E-state index in [9.17, 15) is 9.59 Å². The lowest BCUT2D eigenvalue weighted by Gasteiger charge is -2.17. The molecule has 6 heteroatoms. The number of anilines is 1. The van der Waals surface area contributed by atoms with Crippen LogP contribution in [0.1, 0.15) is 0 Å². The van der Waals surface area contributed by atoms with Gasteiger partial charge in [-0.2, -0.15) is 0 Å². The van der Waals surface area contributed by atoms with Gasteiger partial charge in [0.2, 0.25) is 0 Å². The number of pyridine rings is 1. The molecule has 0 amide bonds. The van der Waals surface area contributed by atoms with Gasteiger partial charge in [-0.25, -0.2) is 0 Å². The second-order valence-corrected chi connectivity index (χ2v) is 4.56. The number of benzene rings is 1. The Kier molecular flexibility index (Phi) is 4.05. The number of nitrogens with zero attached hydrogens (tertiary/aromatic N) is 2. The van der Waals surface area contributed by atoms with Crippen molar-refractivity contribution in [3.63, 3.8) is 0 Å². The lowest BCUT2D eigenvalue weighted by molar-refractivity contribution is -0.135. The largest absolute Gasteiger partial charge is 0.480 e. The molecule has 2 rings (SSSR count). The average Bonchev–Trinajstić information content (AvgIpc) is 2.41. The number of likely N-dealkylation sites (N-methyl/N-ethyl adjacent to an activating group) is 1. The normalized spacial score (nSPS) is 10.7. The van der Waals surface area contributed by atoms with E-state index in [1.54, 1.807) is 42.4 Å². The van der Waals surface area contributed by atoms with Crippen molar-refractivity contribution in [2.75, 3.05) is 25.1 Å². The molecule has 0 spiro atoms. The van der Waals surface area contributed by atoms with Gasteiger partial charge in [0.05, 0.1) is 6.61 Å². The van der Waals surface area contributed by atoms with E-state index in [2.05, 4.69) is 0 Å². The monoisotopic (exact) mass is 276 g/mol. The van der Waals surface area contributed by atoms with Crippen LogP contribution in [0.15, 0.2) is 35.3 Å². The molecular formula is C14H16N2O4. The van der Waals surface area contributed by atoms with Crippen molar-refractivity contribution in [2.45, 2.75) is 6.54 Å². The summed E-state index contributed by atoms with van der Waals surface area (Å²) >= 11 is 0. The molecule has 0 bridgehead atoms. The number of aromatic nitrogens is 1. The summed E-state index contributed by atoms with van der Waals surface area (Å²) in [7, 11) is 1.68. The third-order valence-electron chi connectivity index (χ3n) is 3.11. The third kappa shape index (κ3) is 2.80. The Balaban J connectivity index is 2.43. The number of fused-ring (bicyclic) bond motifs is 1. The first-order valence-electron chi connectivity index (χ1n) is 6.20. The number of carboxylic acid groups (broad SMARTS) is 1. The summed E-state index contributed by atoms with van der Waals surface area (Å²) in [4.78, 5) is 24.4. The van der Waals surface area contributed by atoms with Gasteiger partial charge in [0.1, 0.15) is 6.54 Å². The topological polar surface area (TPSA) is 82.8 Å². The lowest BCUT2D eigenvalue weighted by atomic mass is 10.1. The van der Waals surface area contributed by atoms with Gasteiger partial charge in [0, 0.05) is 30.9 Å². The van der Waals surface area contributed by atoms with Crippen LogP contribution in [0.3, 0.4) is 0 Å². The fourth-order valence-corrected chi connectivity index (χ4v) is 2.09. The van der Waals surface area contributed by atoms with Gasteiger partial charge in [0.15, 0.2) is 0 Å². The summed E-state index contributed by atoms with van der Waals surface area (Å²) in [5.41, 5.74) is 0.572. The molecule has 0 saturated heterocycles. The van der Waals surface area contributed by atoms with E-state index < -0.39 is 5.97 Å². The van der Waals surface area contributed by atoms with Crippen molar-refractivity contribution in [3.8, 4) is 0 Å². The molecule has 1 aromatic carbocycles. The lowest BCUT2D eigenvalue weighted by Crippen LogP contribution is -2.25.